The summed E-state index contributed by atoms with van der Waals surface area (Å²) in [5.41, 5.74) is 8.10. The van der Waals surface area contributed by atoms with Crippen molar-refractivity contribution in [2.45, 2.75) is 44.6 Å². The van der Waals surface area contributed by atoms with E-state index in [-0.39, 0.29) is 23.7 Å². The molecule has 5 heteroatoms. The highest BCUT2D eigenvalue weighted by Gasteiger charge is 2.42. The lowest BCUT2D eigenvalue weighted by Gasteiger charge is -2.40. The van der Waals surface area contributed by atoms with Crippen molar-refractivity contribution in [3.63, 3.8) is 0 Å². The van der Waals surface area contributed by atoms with Crippen LogP contribution in [0.4, 0.5) is 0 Å². The number of benzene rings is 1. The van der Waals surface area contributed by atoms with Crippen LogP contribution in [0.3, 0.4) is 0 Å². The third kappa shape index (κ3) is 3.08. The van der Waals surface area contributed by atoms with Gasteiger partial charge in [-0.25, -0.2) is 0 Å². The van der Waals surface area contributed by atoms with E-state index in [2.05, 4.69) is 17.4 Å². The maximum Gasteiger partial charge on any atom is 0.223 e. The minimum absolute atomic E-state index is 0. The lowest BCUT2D eigenvalue weighted by atomic mass is 9.64. The summed E-state index contributed by atoms with van der Waals surface area (Å²) >= 11 is 0. The SMILES string of the molecule is COc1ccc2c(c1)C(CCC1(C(N)=O)CCC1)CNC2.Cl. The van der Waals surface area contributed by atoms with Gasteiger partial charge in [-0.15, -0.1) is 12.4 Å². The standard InChI is InChI=1S/C17H24N2O2.ClH/c1-21-14-4-3-12-10-19-11-13(15(12)9-14)5-8-17(16(18)20)6-2-7-17;/h3-4,9,13,19H,2,5-8,10-11H2,1H3,(H2,18,20);1H. The first-order chi connectivity index (χ1) is 10.1. The van der Waals surface area contributed by atoms with E-state index >= 15 is 0 Å². The first-order valence-corrected chi connectivity index (χ1v) is 7.82. The van der Waals surface area contributed by atoms with Crippen molar-refractivity contribution in [3.05, 3.63) is 29.3 Å². The molecule has 122 valence electrons. The number of nitrogens with two attached hydrogens (primary N) is 1. The lowest BCUT2D eigenvalue weighted by Crippen LogP contribution is -2.43. The smallest absolute Gasteiger partial charge is 0.223 e. The van der Waals surface area contributed by atoms with Gasteiger partial charge in [-0.05, 0) is 54.9 Å². The van der Waals surface area contributed by atoms with Gasteiger partial charge in [0.25, 0.3) is 0 Å². The zero-order valence-corrected chi connectivity index (χ0v) is 13.9. The summed E-state index contributed by atoms with van der Waals surface area (Å²) < 4.78 is 5.35. The summed E-state index contributed by atoms with van der Waals surface area (Å²) in [5, 5.41) is 3.47. The molecule has 1 aliphatic carbocycles. The topological polar surface area (TPSA) is 64.3 Å². The Kier molecular flexibility index (Phi) is 5.35. The van der Waals surface area contributed by atoms with E-state index < -0.39 is 0 Å². The maximum atomic E-state index is 11.7. The zero-order chi connectivity index (χ0) is 14.9. The Morgan fingerprint density at radius 2 is 2.23 bits per heavy atom. The number of hydrogen-bond donors (Lipinski definition) is 2. The third-order valence-electron chi connectivity index (χ3n) is 5.30. The predicted molar refractivity (Wildman–Crippen MR) is 89.4 cm³/mol. The van der Waals surface area contributed by atoms with Gasteiger partial charge in [-0.3, -0.25) is 4.79 Å². The summed E-state index contributed by atoms with van der Waals surface area (Å²) in [6, 6.07) is 6.30. The maximum absolute atomic E-state index is 11.7. The number of carbonyl (C=O) groups excluding carboxylic acids is 1. The number of methoxy groups -OCH3 is 1. The minimum atomic E-state index is -0.226. The van der Waals surface area contributed by atoms with Crippen LogP contribution in [0.5, 0.6) is 5.75 Å². The second-order valence-electron chi connectivity index (χ2n) is 6.43. The molecule has 22 heavy (non-hydrogen) atoms. The lowest BCUT2D eigenvalue weighted by molar-refractivity contribution is -0.133. The van der Waals surface area contributed by atoms with Gasteiger partial charge < -0.3 is 15.8 Å². The van der Waals surface area contributed by atoms with Crippen LogP contribution in [0.1, 0.15) is 49.1 Å². The highest BCUT2D eigenvalue weighted by molar-refractivity contribution is 5.85. The summed E-state index contributed by atoms with van der Waals surface area (Å²) in [6.07, 6.45) is 4.98. The molecule has 0 saturated heterocycles. The fourth-order valence-electron chi connectivity index (χ4n) is 3.66. The van der Waals surface area contributed by atoms with Crippen LogP contribution in [0, 0.1) is 5.41 Å². The van der Waals surface area contributed by atoms with Crippen LogP contribution in [0.25, 0.3) is 0 Å². The van der Waals surface area contributed by atoms with Gasteiger partial charge in [-0.1, -0.05) is 12.5 Å². The first-order valence-electron chi connectivity index (χ1n) is 7.82. The average Bonchev–Trinajstić information content (AvgIpc) is 2.45. The van der Waals surface area contributed by atoms with Crippen molar-refractivity contribution in [1.29, 1.82) is 0 Å². The molecule has 4 nitrogen and oxygen atoms in total. The quantitative estimate of drug-likeness (QED) is 0.875. The van der Waals surface area contributed by atoms with Gasteiger partial charge in [0, 0.05) is 18.5 Å². The van der Waals surface area contributed by atoms with Gasteiger partial charge >= 0.3 is 0 Å². The zero-order valence-electron chi connectivity index (χ0n) is 13.1. The number of amides is 1. The molecule has 1 amide bonds. The van der Waals surface area contributed by atoms with Crippen LogP contribution >= 0.6 is 12.4 Å². The number of halogens is 1. The second-order valence-corrected chi connectivity index (χ2v) is 6.43. The third-order valence-corrected chi connectivity index (χ3v) is 5.30. The van der Waals surface area contributed by atoms with Crippen molar-refractivity contribution in [2.75, 3.05) is 13.7 Å². The molecule has 1 aromatic carbocycles. The monoisotopic (exact) mass is 324 g/mol. The van der Waals surface area contributed by atoms with E-state index in [9.17, 15) is 4.79 Å². The van der Waals surface area contributed by atoms with E-state index in [1.807, 2.05) is 6.07 Å². The predicted octanol–water partition coefficient (Wildman–Crippen LogP) is 2.74. The van der Waals surface area contributed by atoms with Gasteiger partial charge in [-0.2, -0.15) is 0 Å². The fourth-order valence-corrected chi connectivity index (χ4v) is 3.66. The largest absolute Gasteiger partial charge is 0.497 e. The molecule has 1 saturated carbocycles. The number of carbonyl (C=O) groups is 1. The van der Waals surface area contributed by atoms with E-state index in [1.165, 1.54) is 11.1 Å². The van der Waals surface area contributed by atoms with E-state index in [0.29, 0.717) is 5.92 Å². The molecule has 1 heterocycles. The number of primary amides is 1. The Balaban J connectivity index is 0.00000176. The number of nitrogens with one attached hydrogen (secondary N) is 1. The molecule has 1 aliphatic heterocycles. The molecular weight excluding hydrogens is 300 g/mol. The summed E-state index contributed by atoms with van der Waals surface area (Å²) in [6.45, 7) is 1.88. The molecule has 1 fully saturated rings. The van der Waals surface area contributed by atoms with Gasteiger partial charge in [0.2, 0.25) is 5.91 Å². The van der Waals surface area contributed by atoms with Crippen LogP contribution in [0.15, 0.2) is 18.2 Å². The minimum Gasteiger partial charge on any atom is -0.497 e. The summed E-state index contributed by atoms with van der Waals surface area (Å²) in [7, 11) is 1.70. The van der Waals surface area contributed by atoms with E-state index in [0.717, 1.165) is 50.9 Å². The van der Waals surface area contributed by atoms with Crippen molar-refractivity contribution in [3.8, 4) is 5.75 Å². The number of hydrogen-bond acceptors (Lipinski definition) is 3. The molecule has 1 atom stereocenters. The molecule has 1 unspecified atom stereocenters. The van der Waals surface area contributed by atoms with Crippen LogP contribution < -0.4 is 15.8 Å². The Bertz CT molecular complexity index is 543. The Hall–Kier alpha value is -1.26. The Labute approximate surface area is 138 Å². The van der Waals surface area contributed by atoms with Gasteiger partial charge in [0.05, 0.1) is 7.11 Å². The van der Waals surface area contributed by atoms with Crippen LogP contribution in [-0.2, 0) is 11.3 Å². The van der Waals surface area contributed by atoms with Crippen LogP contribution in [0.2, 0.25) is 0 Å². The Morgan fingerprint density at radius 1 is 1.45 bits per heavy atom. The van der Waals surface area contributed by atoms with Crippen molar-refractivity contribution < 1.29 is 9.53 Å². The second kappa shape index (κ2) is 6.88. The first kappa shape index (κ1) is 17.1. The molecule has 0 bridgehead atoms. The van der Waals surface area contributed by atoms with Crippen LogP contribution in [-0.4, -0.2) is 19.6 Å². The molecule has 3 N–H and O–H groups in total. The van der Waals surface area contributed by atoms with Gasteiger partial charge in [0.15, 0.2) is 0 Å². The Morgan fingerprint density at radius 3 is 2.82 bits per heavy atom. The highest BCUT2D eigenvalue weighted by Crippen LogP contribution is 2.46. The molecule has 3 rings (SSSR count). The molecule has 1 aromatic rings. The van der Waals surface area contributed by atoms with E-state index in [1.54, 1.807) is 7.11 Å². The summed E-state index contributed by atoms with van der Waals surface area (Å²) in [4.78, 5) is 11.7. The normalized spacial score (nSPS) is 22.0. The van der Waals surface area contributed by atoms with Crippen molar-refractivity contribution in [1.82, 2.24) is 5.32 Å². The summed E-state index contributed by atoms with van der Waals surface area (Å²) in [5.74, 6) is 1.25. The number of fused-ring (bicyclic) bond motifs is 1. The average molecular weight is 325 g/mol. The molecule has 2 aliphatic rings. The number of rotatable bonds is 5. The fraction of sp³-hybridized carbons (Fsp3) is 0.588. The van der Waals surface area contributed by atoms with E-state index in [4.69, 9.17) is 10.5 Å². The molecule has 0 aromatic heterocycles. The van der Waals surface area contributed by atoms with Crippen molar-refractivity contribution in [2.24, 2.45) is 11.1 Å². The number of ether oxygens (including phenoxy) is 1. The molecular formula is C17H25ClN2O2. The molecule has 0 radical (unpaired) electrons. The highest BCUT2D eigenvalue weighted by atomic mass is 35.5. The van der Waals surface area contributed by atoms with Gasteiger partial charge in [0.1, 0.15) is 5.75 Å². The molecule has 0 spiro atoms. The van der Waals surface area contributed by atoms with Crippen molar-refractivity contribution >= 4 is 18.3 Å².